The van der Waals surface area contributed by atoms with Crippen molar-refractivity contribution in [2.45, 2.75) is 18.9 Å². The van der Waals surface area contributed by atoms with Gasteiger partial charge in [0.05, 0.1) is 20.1 Å². The first kappa shape index (κ1) is 18.9. The monoisotopic (exact) mass is 389 g/mol. The zero-order chi connectivity index (χ0) is 20.1. The first-order valence-corrected chi connectivity index (χ1v) is 9.62. The second-order valence-corrected chi connectivity index (χ2v) is 6.96. The minimum atomic E-state index is -0.0724. The normalized spacial score (nSPS) is 14.6. The van der Waals surface area contributed by atoms with Gasteiger partial charge in [-0.3, -0.25) is 4.79 Å². The summed E-state index contributed by atoms with van der Waals surface area (Å²) < 4.78 is 17.0. The van der Waals surface area contributed by atoms with E-state index in [2.05, 4.69) is 5.32 Å². The van der Waals surface area contributed by atoms with Crippen LogP contribution in [-0.2, 0) is 17.6 Å². The Kier molecular flexibility index (Phi) is 5.66. The van der Waals surface area contributed by atoms with Crippen molar-refractivity contribution in [3.8, 4) is 23.0 Å². The van der Waals surface area contributed by atoms with Crippen LogP contribution in [0.3, 0.4) is 0 Å². The molecule has 29 heavy (non-hydrogen) atoms. The minimum Gasteiger partial charge on any atom is -0.497 e. The largest absolute Gasteiger partial charge is 0.497 e. The van der Waals surface area contributed by atoms with Crippen molar-refractivity contribution in [3.05, 3.63) is 83.9 Å². The second-order valence-electron chi connectivity index (χ2n) is 6.96. The smallest absolute Gasteiger partial charge is 0.224 e. The Labute approximate surface area is 170 Å². The lowest BCUT2D eigenvalue weighted by Gasteiger charge is -2.12. The molecule has 0 radical (unpaired) electrons. The molecule has 0 spiro atoms. The third-order valence-corrected chi connectivity index (χ3v) is 4.80. The lowest BCUT2D eigenvalue weighted by atomic mass is 10.1. The highest BCUT2D eigenvalue weighted by molar-refractivity contribution is 5.78. The van der Waals surface area contributed by atoms with Crippen LogP contribution >= 0.6 is 0 Å². The Morgan fingerprint density at radius 3 is 2.52 bits per heavy atom. The molecular formula is C24H23NO4. The number of para-hydroxylation sites is 1. The Morgan fingerprint density at radius 1 is 1.00 bits per heavy atom. The summed E-state index contributed by atoms with van der Waals surface area (Å²) in [6.07, 6.45) is 1.000. The zero-order valence-electron chi connectivity index (χ0n) is 16.3. The summed E-state index contributed by atoms with van der Waals surface area (Å²) in [7, 11) is 1.62. The number of methoxy groups -OCH3 is 1. The number of benzene rings is 3. The minimum absolute atomic E-state index is 0.0252. The maximum Gasteiger partial charge on any atom is 0.224 e. The van der Waals surface area contributed by atoms with Gasteiger partial charge in [-0.05, 0) is 48.0 Å². The van der Waals surface area contributed by atoms with E-state index in [1.807, 2.05) is 72.8 Å². The van der Waals surface area contributed by atoms with Gasteiger partial charge >= 0.3 is 0 Å². The van der Waals surface area contributed by atoms with E-state index in [0.717, 1.165) is 40.5 Å². The van der Waals surface area contributed by atoms with Crippen molar-refractivity contribution in [1.82, 2.24) is 5.32 Å². The van der Waals surface area contributed by atoms with Crippen LogP contribution in [0.2, 0.25) is 0 Å². The van der Waals surface area contributed by atoms with Gasteiger partial charge in [0, 0.05) is 12.0 Å². The number of carbonyl (C=O) groups excluding carboxylic acids is 1. The molecule has 5 nitrogen and oxygen atoms in total. The topological polar surface area (TPSA) is 56.8 Å². The lowest BCUT2D eigenvalue weighted by molar-refractivity contribution is -0.120. The summed E-state index contributed by atoms with van der Waals surface area (Å²) >= 11 is 0. The van der Waals surface area contributed by atoms with Crippen LogP contribution in [0.5, 0.6) is 23.0 Å². The molecular weight excluding hydrogens is 366 g/mol. The maximum atomic E-state index is 12.2. The van der Waals surface area contributed by atoms with E-state index in [-0.39, 0.29) is 12.0 Å². The highest BCUT2D eigenvalue weighted by atomic mass is 16.5. The van der Waals surface area contributed by atoms with Gasteiger partial charge in [0.15, 0.2) is 0 Å². The predicted octanol–water partition coefficient (Wildman–Crippen LogP) is 4.15. The van der Waals surface area contributed by atoms with Gasteiger partial charge in [-0.2, -0.15) is 0 Å². The van der Waals surface area contributed by atoms with E-state index in [0.29, 0.717) is 13.0 Å². The number of carbonyl (C=O) groups is 1. The van der Waals surface area contributed by atoms with Crippen molar-refractivity contribution in [2.75, 3.05) is 13.7 Å². The molecule has 148 valence electrons. The molecule has 0 unspecified atom stereocenters. The number of amides is 1. The molecule has 0 aromatic heterocycles. The SMILES string of the molecule is COc1ccc(CC(=O)NC[C@H]2Cc3cc(Oc4ccccc4)ccc3O2)cc1. The number of hydrogen-bond donors (Lipinski definition) is 1. The van der Waals surface area contributed by atoms with E-state index < -0.39 is 0 Å². The van der Waals surface area contributed by atoms with Crippen molar-refractivity contribution in [3.63, 3.8) is 0 Å². The quantitative estimate of drug-likeness (QED) is 0.660. The molecule has 1 heterocycles. The van der Waals surface area contributed by atoms with Crippen molar-refractivity contribution >= 4 is 5.91 Å². The predicted molar refractivity (Wildman–Crippen MR) is 111 cm³/mol. The van der Waals surface area contributed by atoms with E-state index in [1.54, 1.807) is 7.11 Å². The van der Waals surface area contributed by atoms with Crippen LogP contribution in [0.25, 0.3) is 0 Å². The number of nitrogens with one attached hydrogen (secondary N) is 1. The fraction of sp³-hybridized carbons (Fsp3) is 0.208. The van der Waals surface area contributed by atoms with Crippen LogP contribution in [0.4, 0.5) is 0 Å². The summed E-state index contributed by atoms with van der Waals surface area (Å²) in [6, 6.07) is 23.0. The van der Waals surface area contributed by atoms with Crippen LogP contribution < -0.4 is 19.5 Å². The van der Waals surface area contributed by atoms with Crippen molar-refractivity contribution in [1.29, 1.82) is 0 Å². The average Bonchev–Trinajstić information content (AvgIpc) is 3.16. The van der Waals surface area contributed by atoms with Gasteiger partial charge in [0.2, 0.25) is 5.91 Å². The Bertz CT molecular complexity index is 970. The number of rotatable bonds is 7. The van der Waals surface area contributed by atoms with Crippen molar-refractivity contribution in [2.24, 2.45) is 0 Å². The third-order valence-electron chi connectivity index (χ3n) is 4.80. The van der Waals surface area contributed by atoms with Gasteiger partial charge in [-0.25, -0.2) is 0 Å². The number of ether oxygens (including phenoxy) is 3. The molecule has 1 N–H and O–H groups in total. The summed E-state index contributed by atoms with van der Waals surface area (Å²) in [5.74, 6) is 3.18. The molecule has 0 saturated heterocycles. The van der Waals surface area contributed by atoms with E-state index >= 15 is 0 Å². The van der Waals surface area contributed by atoms with E-state index in [1.165, 1.54) is 0 Å². The Morgan fingerprint density at radius 2 is 1.76 bits per heavy atom. The standard InChI is InChI=1S/C24H23NO4/c1-27-19-9-7-17(8-10-19)13-24(26)25-16-22-15-18-14-21(11-12-23(18)29-22)28-20-5-3-2-4-6-20/h2-12,14,22H,13,15-16H2,1H3,(H,25,26)/t22-/m1/s1. The molecule has 3 aromatic carbocycles. The number of hydrogen-bond acceptors (Lipinski definition) is 4. The molecule has 4 rings (SSSR count). The molecule has 0 saturated carbocycles. The highest BCUT2D eigenvalue weighted by Crippen LogP contribution is 2.33. The highest BCUT2D eigenvalue weighted by Gasteiger charge is 2.24. The zero-order valence-corrected chi connectivity index (χ0v) is 16.3. The first-order chi connectivity index (χ1) is 14.2. The maximum absolute atomic E-state index is 12.2. The van der Waals surface area contributed by atoms with Gasteiger partial charge in [-0.1, -0.05) is 30.3 Å². The third kappa shape index (κ3) is 4.88. The molecule has 0 bridgehead atoms. The average molecular weight is 389 g/mol. The van der Waals surface area contributed by atoms with Crippen LogP contribution in [0.15, 0.2) is 72.8 Å². The van der Waals surface area contributed by atoms with Crippen molar-refractivity contribution < 1.29 is 19.0 Å². The fourth-order valence-electron chi connectivity index (χ4n) is 3.32. The van der Waals surface area contributed by atoms with Gasteiger partial charge in [0.1, 0.15) is 29.1 Å². The van der Waals surface area contributed by atoms with Crippen LogP contribution in [-0.4, -0.2) is 25.7 Å². The molecule has 0 fully saturated rings. The van der Waals surface area contributed by atoms with Gasteiger partial charge < -0.3 is 19.5 Å². The lowest BCUT2D eigenvalue weighted by Crippen LogP contribution is -2.35. The fourth-order valence-corrected chi connectivity index (χ4v) is 3.32. The molecule has 1 atom stereocenters. The summed E-state index contributed by atoms with van der Waals surface area (Å²) in [5, 5.41) is 2.96. The molecule has 3 aromatic rings. The summed E-state index contributed by atoms with van der Waals surface area (Å²) in [6.45, 7) is 0.471. The van der Waals surface area contributed by atoms with E-state index in [9.17, 15) is 4.79 Å². The molecule has 0 aliphatic carbocycles. The Balaban J connectivity index is 1.28. The summed E-state index contributed by atoms with van der Waals surface area (Å²) in [5.41, 5.74) is 2.04. The molecule has 5 heteroatoms. The second kappa shape index (κ2) is 8.69. The molecule has 1 amide bonds. The van der Waals surface area contributed by atoms with Gasteiger partial charge in [-0.15, -0.1) is 0 Å². The Hall–Kier alpha value is -3.47. The molecule has 1 aliphatic heterocycles. The molecule has 1 aliphatic rings. The van der Waals surface area contributed by atoms with Crippen LogP contribution in [0.1, 0.15) is 11.1 Å². The first-order valence-electron chi connectivity index (χ1n) is 9.62. The number of fused-ring (bicyclic) bond motifs is 1. The summed E-state index contributed by atoms with van der Waals surface area (Å²) in [4.78, 5) is 12.2. The van der Waals surface area contributed by atoms with Crippen LogP contribution in [0, 0.1) is 0 Å². The van der Waals surface area contributed by atoms with E-state index in [4.69, 9.17) is 14.2 Å². The van der Waals surface area contributed by atoms with Gasteiger partial charge in [0.25, 0.3) is 0 Å².